The molecule has 3 aromatic rings. The highest BCUT2D eigenvalue weighted by Crippen LogP contribution is 2.28. The Labute approximate surface area is 221 Å². The van der Waals surface area contributed by atoms with Crippen LogP contribution in [0.5, 0.6) is 0 Å². The molecule has 1 N–H and O–H groups in total. The van der Waals surface area contributed by atoms with Gasteiger partial charge in [0.05, 0.1) is 0 Å². The zero-order valence-corrected chi connectivity index (χ0v) is 22.6. The van der Waals surface area contributed by atoms with Gasteiger partial charge in [-0.3, -0.25) is 4.79 Å². The van der Waals surface area contributed by atoms with Gasteiger partial charge >= 0.3 is 0 Å². The number of hydrogen-bond acceptors (Lipinski definition) is 5. The highest BCUT2D eigenvalue weighted by Gasteiger charge is 2.26. The number of nitrogens with zero attached hydrogens (tertiary/aromatic N) is 4. The number of nitrogens with one attached hydrogen (secondary N) is 1. The van der Waals surface area contributed by atoms with E-state index in [2.05, 4.69) is 83.3 Å². The van der Waals surface area contributed by atoms with Crippen molar-refractivity contribution >= 4 is 23.1 Å². The number of carbonyl (C=O) groups excluding carboxylic acids is 1. The van der Waals surface area contributed by atoms with E-state index < -0.39 is 0 Å². The van der Waals surface area contributed by atoms with Crippen LogP contribution in [-0.2, 0) is 0 Å². The van der Waals surface area contributed by atoms with Crippen LogP contribution in [0.3, 0.4) is 0 Å². The van der Waals surface area contributed by atoms with Gasteiger partial charge in [0.1, 0.15) is 5.82 Å². The Morgan fingerprint density at radius 3 is 2.22 bits per heavy atom. The topological polar surface area (TPSA) is 51.7 Å². The molecule has 0 aliphatic carbocycles. The van der Waals surface area contributed by atoms with E-state index in [1.54, 1.807) is 0 Å². The molecule has 6 nitrogen and oxygen atoms in total. The predicted octanol–water partition coefficient (Wildman–Crippen LogP) is 5.36. The summed E-state index contributed by atoms with van der Waals surface area (Å²) in [6.45, 7) is 13.5. The summed E-state index contributed by atoms with van der Waals surface area (Å²) >= 11 is 0. The Bertz CT molecular complexity index is 1260. The second kappa shape index (κ2) is 10.8. The second-order valence-corrected chi connectivity index (χ2v) is 10.6. The Morgan fingerprint density at radius 1 is 0.784 bits per heavy atom. The number of aryl methyl sites for hydroxylation is 4. The molecule has 2 aromatic carbocycles. The van der Waals surface area contributed by atoms with Crippen LogP contribution >= 0.6 is 0 Å². The first-order valence-corrected chi connectivity index (χ1v) is 13.6. The molecule has 0 atom stereocenters. The fraction of sp³-hybridized carbons (Fsp3) is 0.419. The largest absolute Gasteiger partial charge is 0.382 e. The monoisotopic (exact) mass is 497 g/mol. The maximum absolute atomic E-state index is 13.6. The standard InChI is InChI=1S/C31H39N5O/c1-22-8-5-6-10-29(22)34-14-12-26(13-15-34)33-28-21-27(23(2)20-24(28)3)31(37)36-18-16-35(17-19-36)30-11-7-9-25(4)32-30/h5-11,20-21,26,33H,12-19H2,1-4H3. The normalized spacial score (nSPS) is 16.7. The third kappa shape index (κ3) is 5.58. The van der Waals surface area contributed by atoms with E-state index in [0.717, 1.165) is 67.3 Å². The molecule has 37 heavy (non-hydrogen) atoms. The Kier molecular flexibility index (Phi) is 7.36. The lowest BCUT2D eigenvalue weighted by Gasteiger charge is -2.36. The maximum atomic E-state index is 13.6. The number of carbonyl (C=O) groups is 1. The van der Waals surface area contributed by atoms with Crippen molar-refractivity contribution in [1.82, 2.24) is 9.88 Å². The van der Waals surface area contributed by atoms with Gasteiger partial charge in [0.15, 0.2) is 0 Å². The first-order valence-electron chi connectivity index (χ1n) is 13.6. The average Bonchev–Trinajstić information content (AvgIpc) is 2.91. The molecule has 6 heteroatoms. The third-order valence-corrected chi connectivity index (χ3v) is 7.88. The Balaban J connectivity index is 1.22. The molecule has 2 fully saturated rings. The van der Waals surface area contributed by atoms with Gasteiger partial charge in [-0.05, 0) is 81.5 Å². The molecule has 3 heterocycles. The number of amides is 1. The highest BCUT2D eigenvalue weighted by molar-refractivity contribution is 5.97. The molecule has 2 aliphatic heterocycles. The number of hydrogen-bond donors (Lipinski definition) is 1. The fourth-order valence-electron chi connectivity index (χ4n) is 5.65. The maximum Gasteiger partial charge on any atom is 0.254 e. The SMILES string of the molecule is Cc1cccc(N2CCN(C(=O)c3cc(NC4CCN(c5ccccc5C)CC4)c(C)cc3C)CC2)n1. The molecule has 0 radical (unpaired) electrons. The molecule has 194 valence electrons. The number of piperidine rings is 1. The van der Waals surface area contributed by atoms with Crippen LogP contribution in [-0.4, -0.2) is 61.1 Å². The lowest BCUT2D eigenvalue weighted by molar-refractivity contribution is 0.0746. The molecule has 0 saturated carbocycles. The number of anilines is 3. The lowest BCUT2D eigenvalue weighted by atomic mass is 9.99. The van der Waals surface area contributed by atoms with Crippen LogP contribution < -0.4 is 15.1 Å². The van der Waals surface area contributed by atoms with Crippen LogP contribution in [0.25, 0.3) is 0 Å². The van der Waals surface area contributed by atoms with Gasteiger partial charge in [-0.25, -0.2) is 4.98 Å². The molecular formula is C31H39N5O. The third-order valence-electron chi connectivity index (χ3n) is 7.88. The minimum absolute atomic E-state index is 0.131. The molecule has 0 unspecified atom stereocenters. The summed E-state index contributed by atoms with van der Waals surface area (Å²) in [4.78, 5) is 25.0. The lowest BCUT2D eigenvalue weighted by Crippen LogP contribution is -2.49. The quantitative estimate of drug-likeness (QED) is 0.514. The van der Waals surface area contributed by atoms with Gasteiger partial charge in [0.2, 0.25) is 0 Å². The van der Waals surface area contributed by atoms with Gasteiger partial charge in [0.25, 0.3) is 5.91 Å². The molecule has 2 saturated heterocycles. The van der Waals surface area contributed by atoms with Crippen molar-refractivity contribution in [3.8, 4) is 0 Å². The molecule has 0 bridgehead atoms. The summed E-state index contributed by atoms with van der Waals surface area (Å²) in [5.74, 6) is 1.13. The zero-order valence-electron chi connectivity index (χ0n) is 22.6. The molecular weight excluding hydrogens is 458 g/mol. The van der Waals surface area contributed by atoms with Crippen molar-refractivity contribution in [3.63, 3.8) is 0 Å². The Morgan fingerprint density at radius 2 is 1.51 bits per heavy atom. The molecule has 1 amide bonds. The highest BCUT2D eigenvalue weighted by atomic mass is 16.2. The minimum atomic E-state index is 0.131. The second-order valence-electron chi connectivity index (χ2n) is 10.6. The molecule has 0 spiro atoms. The number of benzene rings is 2. The first-order chi connectivity index (χ1) is 17.9. The van der Waals surface area contributed by atoms with E-state index in [4.69, 9.17) is 0 Å². The minimum Gasteiger partial charge on any atom is -0.382 e. The van der Waals surface area contributed by atoms with Gasteiger partial charge in [-0.2, -0.15) is 0 Å². The van der Waals surface area contributed by atoms with E-state index in [1.165, 1.54) is 16.8 Å². The van der Waals surface area contributed by atoms with Gasteiger partial charge in [-0.1, -0.05) is 30.3 Å². The van der Waals surface area contributed by atoms with E-state index in [9.17, 15) is 4.79 Å². The van der Waals surface area contributed by atoms with E-state index in [0.29, 0.717) is 19.1 Å². The summed E-state index contributed by atoms with van der Waals surface area (Å²) < 4.78 is 0. The van der Waals surface area contributed by atoms with Crippen LogP contribution in [0.4, 0.5) is 17.2 Å². The van der Waals surface area contributed by atoms with Crippen molar-refractivity contribution in [2.75, 3.05) is 54.4 Å². The number of para-hydroxylation sites is 1. The van der Waals surface area contributed by atoms with E-state index in [1.807, 2.05) is 24.0 Å². The summed E-state index contributed by atoms with van der Waals surface area (Å²) in [6, 6.07) is 19.4. The summed E-state index contributed by atoms with van der Waals surface area (Å²) in [6.07, 6.45) is 2.17. The van der Waals surface area contributed by atoms with Gasteiger partial charge in [0, 0.05) is 67.9 Å². The van der Waals surface area contributed by atoms with Crippen LogP contribution in [0.1, 0.15) is 45.6 Å². The predicted molar refractivity (Wildman–Crippen MR) is 153 cm³/mol. The fourth-order valence-corrected chi connectivity index (χ4v) is 5.65. The summed E-state index contributed by atoms with van der Waals surface area (Å²) in [5.41, 5.74) is 7.85. The Hall–Kier alpha value is -3.54. The van der Waals surface area contributed by atoms with Crippen LogP contribution in [0.15, 0.2) is 54.6 Å². The molecule has 1 aromatic heterocycles. The van der Waals surface area contributed by atoms with E-state index in [-0.39, 0.29) is 5.91 Å². The van der Waals surface area contributed by atoms with Crippen molar-refractivity contribution in [1.29, 1.82) is 0 Å². The average molecular weight is 498 g/mol. The number of rotatable bonds is 5. The smallest absolute Gasteiger partial charge is 0.254 e. The molecule has 5 rings (SSSR count). The van der Waals surface area contributed by atoms with Crippen molar-refractivity contribution in [2.45, 2.75) is 46.6 Å². The van der Waals surface area contributed by atoms with Crippen molar-refractivity contribution < 1.29 is 4.79 Å². The van der Waals surface area contributed by atoms with Gasteiger partial charge in [-0.15, -0.1) is 0 Å². The first kappa shape index (κ1) is 25.1. The number of pyridine rings is 1. The summed E-state index contributed by atoms with van der Waals surface area (Å²) in [7, 11) is 0. The van der Waals surface area contributed by atoms with Crippen molar-refractivity contribution in [2.24, 2.45) is 0 Å². The van der Waals surface area contributed by atoms with Crippen LogP contribution in [0.2, 0.25) is 0 Å². The van der Waals surface area contributed by atoms with Crippen LogP contribution in [0, 0.1) is 27.7 Å². The van der Waals surface area contributed by atoms with Gasteiger partial charge < -0.3 is 20.0 Å². The molecule has 2 aliphatic rings. The van der Waals surface area contributed by atoms with E-state index >= 15 is 0 Å². The van der Waals surface area contributed by atoms with Crippen molar-refractivity contribution in [3.05, 3.63) is 82.5 Å². The number of aromatic nitrogens is 1. The number of piperazine rings is 1. The summed E-state index contributed by atoms with van der Waals surface area (Å²) in [5, 5.41) is 3.78. The zero-order chi connectivity index (χ0) is 25.9.